The summed E-state index contributed by atoms with van der Waals surface area (Å²) in [5, 5.41) is 0. The summed E-state index contributed by atoms with van der Waals surface area (Å²) in [6.07, 6.45) is 13.3. The lowest BCUT2D eigenvalue weighted by Crippen LogP contribution is -1.91. The van der Waals surface area contributed by atoms with E-state index < -0.39 is 0 Å². The Morgan fingerprint density at radius 3 is 0.944 bits per heavy atom. The maximum atomic E-state index is 2.32. The fourth-order valence-electron chi connectivity index (χ4n) is 5.40. The third-order valence-electron chi connectivity index (χ3n) is 7.12. The van der Waals surface area contributed by atoms with Gasteiger partial charge >= 0.3 is 0 Å². The summed E-state index contributed by atoms with van der Waals surface area (Å²) in [5.41, 5.74) is 14.7. The maximum absolute atomic E-state index is 2.32. The van der Waals surface area contributed by atoms with Crippen molar-refractivity contribution < 1.29 is 0 Å². The van der Waals surface area contributed by atoms with Gasteiger partial charge in [-0.15, -0.1) is 0 Å². The molecular weight excluding hydrogens is 438 g/mol. The van der Waals surface area contributed by atoms with Crippen molar-refractivity contribution in [3.63, 3.8) is 0 Å². The van der Waals surface area contributed by atoms with Gasteiger partial charge in [-0.2, -0.15) is 0 Å². The first-order valence-electron chi connectivity index (χ1n) is 12.4. The molecule has 174 valence electrons. The van der Waals surface area contributed by atoms with Gasteiger partial charge in [-0.05, 0) is 125 Å². The Morgan fingerprint density at radius 1 is 0.333 bits per heavy atom. The molecule has 7 aromatic rings. The fourth-order valence-corrected chi connectivity index (χ4v) is 5.40. The summed E-state index contributed by atoms with van der Waals surface area (Å²) >= 11 is 0. The van der Waals surface area contributed by atoms with Gasteiger partial charge in [0.15, 0.2) is 0 Å². The number of hydrogen-bond acceptors (Lipinski definition) is 0. The SMILES string of the molecule is Cc1cc2ccc(-c3cc(-c4ccc5cc(C)cn5c4)cc(-c4ccc5cc(C)cn5c4)c3)cn2c1. The molecule has 36 heavy (non-hydrogen) atoms. The number of rotatable bonds is 3. The smallest absolute Gasteiger partial charge is 0.0453 e. The van der Waals surface area contributed by atoms with Gasteiger partial charge in [-0.25, -0.2) is 0 Å². The van der Waals surface area contributed by atoms with Gasteiger partial charge in [0.25, 0.3) is 0 Å². The molecule has 0 N–H and O–H groups in total. The highest BCUT2D eigenvalue weighted by Crippen LogP contribution is 2.34. The minimum absolute atomic E-state index is 1.21. The summed E-state index contributed by atoms with van der Waals surface area (Å²) in [6, 6.07) is 26.9. The third kappa shape index (κ3) is 3.52. The molecule has 6 aromatic heterocycles. The second kappa shape index (κ2) is 7.76. The molecule has 0 amide bonds. The van der Waals surface area contributed by atoms with Gasteiger partial charge in [-0.1, -0.05) is 18.2 Å². The lowest BCUT2D eigenvalue weighted by molar-refractivity contribution is 1.18. The Bertz CT molecular complexity index is 1690. The number of benzene rings is 1. The summed E-state index contributed by atoms with van der Waals surface area (Å²) in [6.45, 7) is 6.43. The fraction of sp³-hybridized carbons (Fsp3) is 0.0909. The van der Waals surface area contributed by atoms with Crippen LogP contribution < -0.4 is 0 Å². The molecule has 1 aromatic carbocycles. The summed E-state index contributed by atoms with van der Waals surface area (Å²) in [4.78, 5) is 0. The molecule has 0 aliphatic carbocycles. The lowest BCUT2D eigenvalue weighted by Gasteiger charge is -2.13. The first-order chi connectivity index (χ1) is 17.5. The number of nitrogens with zero attached hydrogens (tertiary/aromatic N) is 3. The van der Waals surface area contributed by atoms with E-state index in [-0.39, 0.29) is 0 Å². The van der Waals surface area contributed by atoms with Gasteiger partial charge in [0.2, 0.25) is 0 Å². The van der Waals surface area contributed by atoms with Crippen molar-refractivity contribution in [2.45, 2.75) is 20.8 Å². The summed E-state index contributed by atoms with van der Waals surface area (Å²) in [7, 11) is 0. The molecule has 0 fully saturated rings. The van der Waals surface area contributed by atoms with Crippen LogP contribution in [0.25, 0.3) is 49.9 Å². The topological polar surface area (TPSA) is 13.2 Å². The van der Waals surface area contributed by atoms with Crippen molar-refractivity contribution in [2.24, 2.45) is 0 Å². The average Bonchev–Trinajstić information content (AvgIpc) is 3.55. The van der Waals surface area contributed by atoms with Gasteiger partial charge < -0.3 is 13.2 Å². The molecule has 6 heterocycles. The van der Waals surface area contributed by atoms with E-state index in [4.69, 9.17) is 0 Å². The van der Waals surface area contributed by atoms with Crippen LogP contribution >= 0.6 is 0 Å². The zero-order valence-corrected chi connectivity index (χ0v) is 20.7. The highest BCUT2D eigenvalue weighted by Gasteiger charge is 2.10. The van der Waals surface area contributed by atoms with Crippen molar-refractivity contribution in [2.75, 3.05) is 0 Å². The second-order valence-corrected chi connectivity index (χ2v) is 10.1. The molecule has 0 spiro atoms. The summed E-state index contributed by atoms with van der Waals surface area (Å²) in [5.74, 6) is 0. The maximum Gasteiger partial charge on any atom is 0.0453 e. The zero-order valence-electron chi connectivity index (χ0n) is 20.7. The first-order valence-corrected chi connectivity index (χ1v) is 12.4. The van der Waals surface area contributed by atoms with E-state index in [2.05, 4.69) is 144 Å². The Morgan fingerprint density at radius 2 is 0.639 bits per heavy atom. The summed E-state index contributed by atoms with van der Waals surface area (Å²) < 4.78 is 6.67. The normalized spacial score (nSPS) is 11.8. The first kappa shape index (κ1) is 20.8. The predicted octanol–water partition coefficient (Wildman–Crippen LogP) is 8.37. The molecule has 0 saturated heterocycles. The van der Waals surface area contributed by atoms with Crippen LogP contribution in [0.3, 0.4) is 0 Å². The highest BCUT2D eigenvalue weighted by molar-refractivity contribution is 5.82. The molecule has 0 saturated carbocycles. The van der Waals surface area contributed by atoms with Crippen molar-refractivity contribution >= 4 is 16.6 Å². The largest absolute Gasteiger partial charge is 0.323 e. The van der Waals surface area contributed by atoms with E-state index in [1.165, 1.54) is 66.6 Å². The Balaban J connectivity index is 1.44. The van der Waals surface area contributed by atoms with E-state index in [1.807, 2.05) is 0 Å². The van der Waals surface area contributed by atoms with Crippen molar-refractivity contribution in [1.82, 2.24) is 13.2 Å². The zero-order chi connectivity index (χ0) is 24.4. The van der Waals surface area contributed by atoms with E-state index in [1.54, 1.807) is 0 Å². The number of fused-ring (bicyclic) bond motifs is 3. The molecule has 3 heteroatoms. The lowest BCUT2D eigenvalue weighted by atomic mass is 9.95. The number of aromatic nitrogens is 3. The van der Waals surface area contributed by atoms with E-state index in [9.17, 15) is 0 Å². The number of aryl methyl sites for hydroxylation is 3. The van der Waals surface area contributed by atoms with Crippen molar-refractivity contribution in [3.8, 4) is 33.4 Å². The molecule has 3 nitrogen and oxygen atoms in total. The van der Waals surface area contributed by atoms with Gasteiger partial charge in [0.1, 0.15) is 0 Å². The Hall–Kier alpha value is -4.50. The minimum Gasteiger partial charge on any atom is -0.323 e. The molecule has 0 unspecified atom stereocenters. The molecule has 7 rings (SSSR count). The van der Waals surface area contributed by atoms with Gasteiger partial charge in [-0.3, -0.25) is 0 Å². The van der Waals surface area contributed by atoms with Crippen LogP contribution in [0.15, 0.2) is 110 Å². The minimum atomic E-state index is 1.21. The van der Waals surface area contributed by atoms with E-state index in [0.29, 0.717) is 0 Å². The van der Waals surface area contributed by atoms with Crippen LogP contribution in [0.5, 0.6) is 0 Å². The van der Waals surface area contributed by atoms with Crippen molar-refractivity contribution in [1.29, 1.82) is 0 Å². The molecule has 0 aliphatic heterocycles. The molecule has 0 radical (unpaired) electrons. The van der Waals surface area contributed by atoms with Crippen LogP contribution in [0.1, 0.15) is 16.7 Å². The molecular formula is C33H27N3. The molecule has 0 aliphatic rings. The molecule has 0 atom stereocenters. The van der Waals surface area contributed by atoms with Crippen LogP contribution in [0, 0.1) is 20.8 Å². The predicted molar refractivity (Wildman–Crippen MR) is 150 cm³/mol. The standard InChI is InChI=1S/C33H27N3/c1-22-10-31-7-4-25(19-34(31)16-22)28-13-29(26-5-8-32-11-23(2)17-35(32)20-26)15-30(14-28)27-6-9-33-12-24(3)18-36(33)21-27/h4-21H,1-3H3. The Labute approximate surface area is 210 Å². The third-order valence-corrected chi connectivity index (χ3v) is 7.12. The Kier molecular flexibility index (Phi) is 4.49. The average molecular weight is 466 g/mol. The van der Waals surface area contributed by atoms with Crippen LogP contribution in [-0.4, -0.2) is 13.2 Å². The van der Waals surface area contributed by atoms with Crippen LogP contribution in [0.2, 0.25) is 0 Å². The quantitative estimate of drug-likeness (QED) is 0.249. The number of pyridine rings is 3. The van der Waals surface area contributed by atoms with E-state index >= 15 is 0 Å². The number of hydrogen-bond donors (Lipinski definition) is 0. The van der Waals surface area contributed by atoms with Crippen molar-refractivity contribution in [3.05, 3.63) is 127 Å². The highest BCUT2D eigenvalue weighted by atomic mass is 14.9. The van der Waals surface area contributed by atoms with Crippen LogP contribution in [-0.2, 0) is 0 Å². The monoisotopic (exact) mass is 465 g/mol. The van der Waals surface area contributed by atoms with Crippen LogP contribution in [0.4, 0.5) is 0 Å². The van der Waals surface area contributed by atoms with E-state index in [0.717, 1.165) is 0 Å². The van der Waals surface area contributed by atoms with Gasteiger partial charge in [0.05, 0.1) is 0 Å². The van der Waals surface area contributed by atoms with Gasteiger partial charge in [0, 0.05) is 53.7 Å². The second-order valence-electron chi connectivity index (χ2n) is 10.1. The molecule has 0 bridgehead atoms.